The molecule has 0 heterocycles. The van der Waals surface area contributed by atoms with Crippen LogP contribution in [0.4, 0.5) is 4.39 Å². The van der Waals surface area contributed by atoms with Crippen LogP contribution in [0.25, 0.3) is 0 Å². The van der Waals surface area contributed by atoms with Gasteiger partial charge in [-0.3, -0.25) is 4.79 Å². The van der Waals surface area contributed by atoms with Crippen molar-refractivity contribution in [2.75, 3.05) is 7.11 Å². The van der Waals surface area contributed by atoms with Crippen molar-refractivity contribution in [3.8, 4) is 5.75 Å². The summed E-state index contributed by atoms with van der Waals surface area (Å²) in [6, 6.07) is 15.7. The standard InChI is InChI=1S/C17H21NO.C8H9FO/c1-3-13(2)18-17(19)16-11-9-15(10-12-16)14-7-5-4-6-8-14;1-6-4-3-5-7(10-2)8(6)9/h3-8,15-16H,1-2,9-12H2,(H,18,19);3-5H,1-2H3. The molecule has 1 amide bonds. The molecule has 2 aromatic rings. The molecule has 1 aliphatic rings. The van der Waals surface area contributed by atoms with Gasteiger partial charge in [-0.05, 0) is 61.8 Å². The summed E-state index contributed by atoms with van der Waals surface area (Å²) in [6.45, 7) is 9.02. The Labute approximate surface area is 173 Å². The first-order chi connectivity index (χ1) is 14.0. The van der Waals surface area contributed by atoms with Gasteiger partial charge in [-0.15, -0.1) is 0 Å². The van der Waals surface area contributed by atoms with Gasteiger partial charge in [0.15, 0.2) is 11.6 Å². The number of hydrogen-bond acceptors (Lipinski definition) is 2. The fourth-order valence-corrected chi connectivity index (χ4v) is 3.50. The highest BCUT2D eigenvalue weighted by Gasteiger charge is 2.26. The fourth-order valence-electron chi connectivity index (χ4n) is 3.50. The molecule has 3 nitrogen and oxygen atoms in total. The van der Waals surface area contributed by atoms with Crippen LogP contribution in [0.1, 0.15) is 42.7 Å². The molecule has 1 fully saturated rings. The van der Waals surface area contributed by atoms with Crippen LogP contribution < -0.4 is 10.1 Å². The van der Waals surface area contributed by atoms with Crippen molar-refractivity contribution in [2.24, 2.45) is 5.92 Å². The molecule has 0 atom stereocenters. The molecule has 3 rings (SSSR count). The quantitative estimate of drug-likeness (QED) is 0.638. The third kappa shape index (κ3) is 6.60. The average molecular weight is 396 g/mol. The molecular weight excluding hydrogens is 365 g/mol. The molecule has 154 valence electrons. The van der Waals surface area contributed by atoms with Gasteiger partial charge in [-0.25, -0.2) is 4.39 Å². The molecule has 0 unspecified atom stereocenters. The van der Waals surface area contributed by atoms with Crippen LogP contribution in [0.2, 0.25) is 0 Å². The SMILES string of the molecule is C=CC(=C)NC(=O)C1CCC(c2ccccc2)CC1.COc1cccc(C)c1F. The molecule has 1 saturated carbocycles. The summed E-state index contributed by atoms with van der Waals surface area (Å²) < 4.78 is 17.6. The number of benzene rings is 2. The van der Waals surface area contributed by atoms with Crippen molar-refractivity contribution in [3.05, 3.63) is 90.4 Å². The summed E-state index contributed by atoms with van der Waals surface area (Å²) in [4.78, 5) is 12.0. The number of methoxy groups -OCH3 is 1. The molecule has 0 spiro atoms. The topological polar surface area (TPSA) is 38.3 Å². The van der Waals surface area contributed by atoms with E-state index in [1.165, 1.54) is 12.7 Å². The van der Waals surface area contributed by atoms with E-state index in [0.717, 1.165) is 25.7 Å². The van der Waals surface area contributed by atoms with Crippen LogP contribution in [0.5, 0.6) is 5.75 Å². The van der Waals surface area contributed by atoms with Crippen molar-refractivity contribution in [2.45, 2.75) is 38.5 Å². The Hall–Kier alpha value is -2.88. The molecule has 29 heavy (non-hydrogen) atoms. The lowest BCUT2D eigenvalue weighted by Gasteiger charge is -2.28. The summed E-state index contributed by atoms with van der Waals surface area (Å²) >= 11 is 0. The van der Waals surface area contributed by atoms with Crippen LogP contribution in [-0.2, 0) is 4.79 Å². The second-order valence-electron chi connectivity index (χ2n) is 7.27. The van der Waals surface area contributed by atoms with Gasteiger partial charge >= 0.3 is 0 Å². The van der Waals surface area contributed by atoms with E-state index in [0.29, 0.717) is 22.9 Å². The first kappa shape index (κ1) is 22.4. The molecule has 0 aliphatic heterocycles. The Kier molecular flexibility index (Phi) is 8.66. The molecule has 4 heteroatoms. The van der Waals surface area contributed by atoms with E-state index in [9.17, 15) is 9.18 Å². The number of carbonyl (C=O) groups is 1. The van der Waals surface area contributed by atoms with Crippen LogP contribution in [0, 0.1) is 18.7 Å². The van der Waals surface area contributed by atoms with Gasteiger partial charge in [0.2, 0.25) is 5.91 Å². The first-order valence-corrected chi connectivity index (χ1v) is 9.92. The van der Waals surface area contributed by atoms with Gasteiger partial charge in [0.05, 0.1) is 7.11 Å². The maximum Gasteiger partial charge on any atom is 0.227 e. The van der Waals surface area contributed by atoms with Gasteiger partial charge < -0.3 is 10.1 Å². The van der Waals surface area contributed by atoms with E-state index in [1.807, 2.05) is 6.07 Å². The molecular formula is C25H30FNO2. The lowest BCUT2D eigenvalue weighted by molar-refractivity contribution is -0.125. The van der Waals surface area contributed by atoms with Gasteiger partial charge in [0, 0.05) is 11.6 Å². The molecule has 0 aromatic heterocycles. The maximum atomic E-state index is 12.9. The number of hydrogen-bond donors (Lipinski definition) is 1. The predicted octanol–water partition coefficient (Wildman–Crippen LogP) is 5.92. The number of nitrogens with one attached hydrogen (secondary N) is 1. The Morgan fingerprint density at radius 2 is 1.76 bits per heavy atom. The van der Waals surface area contributed by atoms with E-state index >= 15 is 0 Å². The zero-order valence-corrected chi connectivity index (χ0v) is 17.3. The third-order valence-corrected chi connectivity index (χ3v) is 5.28. The van der Waals surface area contributed by atoms with Crippen LogP contribution in [0.3, 0.4) is 0 Å². The molecule has 2 aromatic carbocycles. The smallest absolute Gasteiger partial charge is 0.227 e. The summed E-state index contributed by atoms with van der Waals surface area (Å²) in [5.41, 5.74) is 2.60. The van der Waals surface area contributed by atoms with Crippen LogP contribution in [-0.4, -0.2) is 13.0 Å². The van der Waals surface area contributed by atoms with Crippen molar-refractivity contribution < 1.29 is 13.9 Å². The summed E-state index contributed by atoms with van der Waals surface area (Å²) in [7, 11) is 1.46. The number of amides is 1. The molecule has 0 saturated heterocycles. The van der Waals surface area contributed by atoms with Crippen molar-refractivity contribution in [1.82, 2.24) is 5.32 Å². The number of aryl methyl sites for hydroxylation is 1. The Balaban J connectivity index is 0.000000253. The Bertz CT molecular complexity index is 824. The molecule has 1 aliphatic carbocycles. The Morgan fingerprint density at radius 1 is 1.10 bits per heavy atom. The van der Waals surface area contributed by atoms with Gasteiger partial charge in [0.1, 0.15) is 0 Å². The van der Waals surface area contributed by atoms with Crippen LogP contribution in [0.15, 0.2) is 73.5 Å². The van der Waals surface area contributed by atoms with Crippen molar-refractivity contribution in [3.63, 3.8) is 0 Å². The number of allylic oxidation sites excluding steroid dienone is 1. The maximum absolute atomic E-state index is 12.9. The average Bonchev–Trinajstić information content (AvgIpc) is 2.76. The van der Waals surface area contributed by atoms with Crippen LogP contribution >= 0.6 is 0 Å². The van der Waals surface area contributed by atoms with Crippen molar-refractivity contribution >= 4 is 5.91 Å². The molecule has 0 radical (unpaired) electrons. The zero-order chi connectivity index (χ0) is 21.2. The Morgan fingerprint density at radius 3 is 2.31 bits per heavy atom. The number of carbonyl (C=O) groups excluding carboxylic acids is 1. The largest absolute Gasteiger partial charge is 0.494 e. The second kappa shape index (κ2) is 11.2. The van der Waals surface area contributed by atoms with E-state index in [-0.39, 0.29) is 17.6 Å². The third-order valence-electron chi connectivity index (χ3n) is 5.28. The second-order valence-corrected chi connectivity index (χ2v) is 7.27. The summed E-state index contributed by atoms with van der Waals surface area (Å²) in [6.07, 6.45) is 5.66. The summed E-state index contributed by atoms with van der Waals surface area (Å²) in [5, 5.41) is 2.80. The highest BCUT2D eigenvalue weighted by molar-refractivity contribution is 5.80. The van der Waals surface area contributed by atoms with E-state index < -0.39 is 0 Å². The fraction of sp³-hybridized carbons (Fsp3) is 0.320. The lowest BCUT2D eigenvalue weighted by atomic mass is 9.78. The lowest BCUT2D eigenvalue weighted by Crippen LogP contribution is -2.31. The minimum atomic E-state index is -0.273. The number of halogens is 1. The van der Waals surface area contributed by atoms with Gasteiger partial charge in [0.25, 0.3) is 0 Å². The first-order valence-electron chi connectivity index (χ1n) is 9.92. The molecule has 1 N–H and O–H groups in total. The number of ether oxygens (including phenoxy) is 1. The molecule has 0 bridgehead atoms. The predicted molar refractivity (Wildman–Crippen MR) is 116 cm³/mol. The minimum absolute atomic E-state index is 0.0939. The normalized spacial score (nSPS) is 18.0. The number of rotatable bonds is 5. The van der Waals surface area contributed by atoms with E-state index in [1.54, 1.807) is 31.2 Å². The highest BCUT2D eigenvalue weighted by atomic mass is 19.1. The minimum Gasteiger partial charge on any atom is -0.494 e. The zero-order valence-electron chi connectivity index (χ0n) is 17.3. The van der Waals surface area contributed by atoms with E-state index in [4.69, 9.17) is 4.74 Å². The van der Waals surface area contributed by atoms with Crippen molar-refractivity contribution in [1.29, 1.82) is 0 Å². The highest BCUT2D eigenvalue weighted by Crippen LogP contribution is 2.35. The summed E-state index contributed by atoms with van der Waals surface area (Å²) in [5.74, 6) is 0.853. The van der Waals surface area contributed by atoms with E-state index in [2.05, 4.69) is 42.7 Å². The monoisotopic (exact) mass is 395 g/mol. The van der Waals surface area contributed by atoms with Gasteiger partial charge in [-0.2, -0.15) is 0 Å². The van der Waals surface area contributed by atoms with Gasteiger partial charge in [-0.1, -0.05) is 55.6 Å².